The quantitative estimate of drug-likeness (QED) is 0.598. The van der Waals surface area contributed by atoms with Gasteiger partial charge in [-0.3, -0.25) is 5.32 Å². The first kappa shape index (κ1) is 9.01. The van der Waals surface area contributed by atoms with Gasteiger partial charge in [0.2, 0.25) is 0 Å². The Hall–Kier alpha value is -0.990. The van der Waals surface area contributed by atoms with Crippen LogP contribution in [0.4, 0.5) is 4.79 Å². The van der Waals surface area contributed by atoms with Gasteiger partial charge in [0.05, 0.1) is 0 Å². The predicted octanol–water partition coefficient (Wildman–Crippen LogP) is 1.83. The summed E-state index contributed by atoms with van der Waals surface area (Å²) in [4.78, 5) is 9.76. The summed E-state index contributed by atoms with van der Waals surface area (Å²) < 4.78 is 0. The van der Waals surface area contributed by atoms with E-state index in [1.807, 2.05) is 5.32 Å². The van der Waals surface area contributed by atoms with Crippen LogP contribution in [0.3, 0.4) is 0 Å². The summed E-state index contributed by atoms with van der Waals surface area (Å²) in [6.45, 7) is 2.08. The van der Waals surface area contributed by atoms with E-state index in [0.29, 0.717) is 0 Å². The molecule has 0 fully saturated rings. The van der Waals surface area contributed by atoms with Crippen LogP contribution in [0.15, 0.2) is 12.3 Å². The van der Waals surface area contributed by atoms with Gasteiger partial charge >= 0.3 is 6.09 Å². The minimum Gasteiger partial charge on any atom is -0.295 e. The summed E-state index contributed by atoms with van der Waals surface area (Å²) in [5.74, 6) is 0. The number of nitrogens with one attached hydrogen (secondary N) is 1. The van der Waals surface area contributed by atoms with E-state index in [0.717, 1.165) is 19.3 Å². The normalized spacial score (nSPS) is 10.1. The van der Waals surface area contributed by atoms with Crippen LogP contribution in [0.5, 0.6) is 0 Å². The van der Waals surface area contributed by atoms with Gasteiger partial charge in [-0.1, -0.05) is 25.8 Å². The van der Waals surface area contributed by atoms with Crippen LogP contribution in [-0.4, -0.2) is 6.09 Å². The molecule has 0 aliphatic heterocycles. The third kappa shape index (κ3) is 7.01. The molecule has 0 aliphatic rings. The third-order valence-electron chi connectivity index (χ3n) is 1.04. The molecular formula is C7H12NO2. The molecule has 0 aliphatic carbocycles. The van der Waals surface area contributed by atoms with Gasteiger partial charge in [0.1, 0.15) is 0 Å². The average Bonchev–Trinajstić information content (AvgIpc) is 1.87. The van der Waals surface area contributed by atoms with Crippen LogP contribution < -0.4 is 5.32 Å². The summed E-state index contributed by atoms with van der Waals surface area (Å²) in [5, 5.41) is 11.8. The molecule has 0 bridgehead atoms. The topological polar surface area (TPSA) is 49.0 Å². The average molecular weight is 142 g/mol. The summed E-state index contributed by atoms with van der Waals surface area (Å²) >= 11 is 0. The molecule has 10 heavy (non-hydrogen) atoms. The second-order valence-corrected chi connectivity index (χ2v) is 1.98. The standard InChI is InChI=1S/C7H12NO2/c1-2-3-4-5-6-8-7(9)10/h5-6,8H,2-4H2,1H3/b6-5+. The van der Waals surface area contributed by atoms with Crippen molar-refractivity contribution >= 4 is 6.09 Å². The van der Waals surface area contributed by atoms with Crippen molar-refractivity contribution in [3.63, 3.8) is 0 Å². The van der Waals surface area contributed by atoms with E-state index in [-0.39, 0.29) is 0 Å². The van der Waals surface area contributed by atoms with Gasteiger partial charge in [0, 0.05) is 6.20 Å². The molecule has 0 heterocycles. The number of rotatable bonds is 4. The van der Waals surface area contributed by atoms with Crippen LogP contribution in [0.1, 0.15) is 26.2 Å². The van der Waals surface area contributed by atoms with Crippen molar-refractivity contribution < 1.29 is 9.90 Å². The van der Waals surface area contributed by atoms with E-state index in [9.17, 15) is 9.90 Å². The van der Waals surface area contributed by atoms with Crippen LogP contribution in [-0.2, 0) is 5.11 Å². The first-order chi connectivity index (χ1) is 4.77. The van der Waals surface area contributed by atoms with Crippen LogP contribution >= 0.6 is 0 Å². The Morgan fingerprint density at radius 3 is 2.80 bits per heavy atom. The fourth-order valence-corrected chi connectivity index (χ4v) is 0.532. The van der Waals surface area contributed by atoms with Gasteiger partial charge in [-0.15, -0.1) is 0 Å². The zero-order valence-electron chi connectivity index (χ0n) is 6.09. The maximum absolute atomic E-state index is 9.76. The maximum Gasteiger partial charge on any atom is 0.454 e. The van der Waals surface area contributed by atoms with Crippen LogP contribution in [0, 0.1) is 0 Å². The SMILES string of the molecule is CCCC/C=C/NC([O])=O. The monoisotopic (exact) mass is 142 g/mol. The minimum absolute atomic E-state index is 0.913. The summed E-state index contributed by atoms with van der Waals surface area (Å²) in [6.07, 6.45) is 5.04. The van der Waals surface area contributed by atoms with Crippen LogP contribution in [0.2, 0.25) is 0 Å². The van der Waals surface area contributed by atoms with Gasteiger partial charge in [-0.2, -0.15) is 0 Å². The van der Waals surface area contributed by atoms with Gasteiger partial charge in [-0.05, 0) is 6.42 Å². The number of amides is 1. The molecule has 1 N–H and O–H groups in total. The first-order valence-corrected chi connectivity index (χ1v) is 3.40. The summed E-state index contributed by atoms with van der Waals surface area (Å²) in [6, 6.07) is 0. The van der Waals surface area contributed by atoms with Crippen molar-refractivity contribution in [1.82, 2.24) is 5.32 Å². The fraction of sp³-hybridized carbons (Fsp3) is 0.571. The molecule has 0 saturated carbocycles. The maximum atomic E-state index is 9.76. The molecule has 0 spiro atoms. The molecule has 3 nitrogen and oxygen atoms in total. The Bertz CT molecular complexity index is 121. The Labute approximate surface area is 60.7 Å². The Morgan fingerprint density at radius 2 is 2.30 bits per heavy atom. The van der Waals surface area contributed by atoms with E-state index < -0.39 is 6.09 Å². The molecule has 3 heteroatoms. The first-order valence-electron chi connectivity index (χ1n) is 3.40. The zero-order valence-corrected chi connectivity index (χ0v) is 6.09. The number of carbonyl (C=O) groups is 1. The largest absolute Gasteiger partial charge is 0.454 e. The van der Waals surface area contributed by atoms with Gasteiger partial charge < -0.3 is 0 Å². The van der Waals surface area contributed by atoms with Crippen molar-refractivity contribution in [2.45, 2.75) is 26.2 Å². The molecule has 0 saturated heterocycles. The number of carbonyl (C=O) groups excluding carboxylic acids is 1. The highest BCUT2D eigenvalue weighted by molar-refractivity contribution is 5.65. The number of hydrogen-bond donors (Lipinski definition) is 1. The summed E-state index contributed by atoms with van der Waals surface area (Å²) in [5.41, 5.74) is 0. The van der Waals surface area contributed by atoms with E-state index in [1.165, 1.54) is 6.20 Å². The van der Waals surface area contributed by atoms with Crippen molar-refractivity contribution in [3.8, 4) is 0 Å². The van der Waals surface area contributed by atoms with E-state index in [4.69, 9.17) is 0 Å². The zero-order chi connectivity index (χ0) is 7.82. The fourth-order valence-electron chi connectivity index (χ4n) is 0.532. The molecule has 0 aromatic heterocycles. The van der Waals surface area contributed by atoms with Crippen molar-refractivity contribution in [2.75, 3.05) is 0 Å². The lowest BCUT2D eigenvalue weighted by atomic mass is 10.2. The summed E-state index contributed by atoms with van der Waals surface area (Å²) in [7, 11) is 0. The smallest absolute Gasteiger partial charge is 0.295 e. The van der Waals surface area contributed by atoms with Crippen molar-refractivity contribution in [2.24, 2.45) is 0 Å². The Kier molecular flexibility index (Phi) is 5.53. The number of unbranched alkanes of at least 4 members (excludes halogenated alkanes) is 2. The second-order valence-electron chi connectivity index (χ2n) is 1.98. The van der Waals surface area contributed by atoms with Crippen LogP contribution in [0.25, 0.3) is 0 Å². The highest BCUT2D eigenvalue weighted by atomic mass is 16.4. The van der Waals surface area contributed by atoms with E-state index in [2.05, 4.69) is 6.92 Å². The van der Waals surface area contributed by atoms with E-state index in [1.54, 1.807) is 6.08 Å². The number of hydrogen-bond acceptors (Lipinski definition) is 1. The number of allylic oxidation sites excluding steroid dienone is 1. The highest BCUT2D eigenvalue weighted by Crippen LogP contribution is 1.93. The van der Waals surface area contributed by atoms with E-state index >= 15 is 0 Å². The minimum atomic E-state index is -1.26. The van der Waals surface area contributed by atoms with Crippen molar-refractivity contribution in [1.29, 1.82) is 0 Å². The molecule has 0 unspecified atom stereocenters. The second kappa shape index (κ2) is 6.13. The lowest BCUT2D eigenvalue weighted by molar-refractivity contribution is 0.173. The van der Waals surface area contributed by atoms with Gasteiger partial charge in [-0.25, -0.2) is 9.90 Å². The molecule has 0 aromatic rings. The Balaban J connectivity index is 3.12. The molecule has 0 atom stereocenters. The lowest BCUT2D eigenvalue weighted by Gasteiger charge is -1.88. The molecule has 57 valence electrons. The van der Waals surface area contributed by atoms with Gasteiger partial charge in [0.25, 0.3) is 0 Å². The molecule has 1 radical (unpaired) electrons. The van der Waals surface area contributed by atoms with Crippen molar-refractivity contribution in [3.05, 3.63) is 12.3 Å². The lowest BCUT2D eigenvalue weighted by Crippen LogP contribution is -2.10. The molecule has 0 aromatic carbocycles. The molecular weight excluding hydrogens is 130 g/mol. The molecule has 1 amide bonds. The van der Waals surface area contributed by atoms with Gasteiger partial charge in [0.15, 0.2) is 0 Å². The third-order valence-corrected chi connectivity index (χ3v) is 1.04. The predicted molar refractivity (Wildman–Crippen MR) is 37.9 cm³/mol. The Morgan fingerprint density at radius 1 is 1.60 bits per heavy atom. The molecule has 0 rings (SSSR count). The highest BCUT2D eigenvalue weighted by Gasteiger charge is 1.87.